The van der Waals surface area contributed by atoms with E-state index in [9.17, 15) is 4.79 Å². The van der Waals surface area contributed by atoms with Gasteiger partial charge in [-0.25, -0.2) is 4.68 Å². The maximum absolute atomic E-state index is 12.2. The quantitative estimate of drug-likeness (QED) is 0.587. The highest BCUT2D eigenvalue weighted by Gasteiger charge is 2.25. The molecule has 0 aliphatic carbocycles. The van der Waals surface area contributed by atoms with E-state index in [1.165, 1.54) is 11.8 Å². The van der Waals surface area contributed by atoms with Crippen molar-refractivity contribution in [3.05, 3.63) is 35.9 Å². The molecule has 0 saturated carbocycles. The fraction of sp³-hybridized carbons (Fsp3) is 0.412. The molecule has 0 bridgehead atoms. The van der Waals surface area contributed by atoms with Gasteiger partial charge in [-0.05, 0) is 28.8 Å². The van der Waals surface area contributed by atoms with E-state index in [0.29, 0.717) is 24.5 Å². The maximum Gasteiger partial charge on any atom is 0.231 e. The highest BCUT2D eigenvalue weighted by Crippen LogP contribution is 2.17. The summed E-state index contributed by atoms with van der Waals surface area (Å²) >= 11 is 1.30. The zero-order valence-corrected chi connectivity index (χ0v) is 14.7. The molecule has 0 unspecified atom stereocenters. The lowest BCUT2D eigenvalue weighted by atomic mass is 9.94. The summed E-state index contributed by atoms with van der Waals surface area (Å²) in [5.74, 6) is 2.80. The van der Waals surface area contributed by atoms with Crippen LogP contribution in [-0.4, -0.2) is 37.4 Å². The number of nitrogens with zero attached hydrogens (tertiary/aromatic N) is 4. The van der Waals surface area contributed by atoms with Crippen molar-refractivity contribution >= 4 is 17.7 Å². The van der Waals surface area contributed by atoms with E-state index in [0.717, 1.165) is 5.56 Å². The van der Waals surface area contributed by atoms with Crippen LogP contribution in [0.2, 0.25) is 0 Å². The molecule has 1 aromatic carbocycles. The minimum Gasteiger partial charge on any atom is -0.339 e. The summed E-state index contributed by atoms with van der Waals surface area (Å²) in [6.45, 7) is 4.50. The fourth-order valence-electron chi connectivity index (χ4n) is 2.26. The maximum atomic E-state index is 12.2. The highest BCUT2D eigenvalue weighted by atomic mass is 32.2. The Labute approximate surface area is 146 Å². The van der Waals surface area contributed by atoms with Crippen LogP contribution >= 0.6 is 11.8 Å². The van der Waals surface area contributed by atoms with Crippen LogP contribution in [0, 0.1) is 12.3 Å². The van der Waals surface area contributed by atoms with Gasteiger partial charge in [-0.2, -0.15) is 0 Å². The normalized spacial score (nSPS) is 11.0. The highest BCUT2D eigenvalue weighted by molar-refractivity contribution is 7.99. The number of terminal acetylenes is 1. The van der Waals surface area contributed by atoms with Gasteiger partial charge in [-0.15, -0.1) is 11.5 Å². The lowest BCUT2D eigenvalue weighted by Gasteiger charge is -2.26. The van der Waals surface area contributed by atoms with Gasteiger partial charge in [0.05, 0.1) is 12.3 Å². The van der Waals surface area contributed by atoms with Crippen molar-refractivity contribution in [3.8, 4) is 12.3 Å². The Kier molecular flexibility index (Phi) is 6.38. The summed E-state index contributed by atoms with van der Waals surface area (Å²) in [6.07, 6.45) is 6.96. The first-order chi connectivity index (χ1) is 11.6. The van der Waals surface area contributed by atoms with Gasteiger partial charge in [0.1, 0.15) is 5.54 Å². The first-order valence-electron chi connectivity index (χ1n) is 7.84. The number of aromatic nitrogens is 4. The molecule has 126 valence electrons. The largest absolute Gasteiger partial charge is 0.339 e. The molecule has 6 nitrogen and oxygen atoms in total. The van der Waals surface area contributed by atoms with E-state index in [1.807, 2.05) is 44.2 Å². The average Bonchev–Trinajstić information content (AvgIpc) is 3.06. The number of thioether (sulfide) groups is 1. The second-order valence-electron chi connectivity index (χ2n) is 5.38. The van der Waals surface area contributed by atoms with Gasteiger partial charge in [-0.1, -0.05) is 61.9 Å². The molecule has 1 N–H and O–H groups in total. The molecule has 0 aliphatic heterocycles. The summed E-state index contributed by atoms with van der Waals surface area (Å²) in [4.78, 5) is 12.2. The Hall–Kier alpha value is -2.33. The van der Waals surface area contributed by atoms with Crippen LogP contribution < -0.4 is 5.32 Å². The van der Waals surface area contributed by atoms with Crippen molar-refractivity contribution in [1.82, 2.24) is 25.5 Å². The Balaban J connectivity index is 1.95. The smallest absolute Gasteiger partial charge is 0.231 e. The molecule has 0 saturated heterocycles. The van der Waals surface area contributed by atoms with Crippen molar-refractivity contribution in [3.63, 3.8) is 0 Å². The molecule has 1 heterocycles. The second-order valence-corrected chi connectivity index (χ2v) is 6.32. The summed E-state index contributed by atoms with van der Waals surface area (Å²) < 4.78 is 1.68. The molecule has 1 amide bonds. The molecule has 7 heteroatoms. The fourth-order valence-corrected chi connectivity index (χ4v) is 2.93. The van der Waals surface area contributed by atoms with Gasteiger partial charge in [0.2, 0.25) is 11.1 Å². The first-order valence-corrected chi connectivity index (χ1v) is 8.82. The van der Waals surface area contributed by atoms with Gasteiger partial charge in [0.25, 0.3) is 0 Å². The third-order valence-electron chi connectivity index (χ3n) is 3.87. The van der Waals surface area contributed by atoms with E-state index in [1.54, 1.807) is 4.68 Å². The molecule has 24 heavy (non-hydrogen) atoms. The van der Waals surface area contributed by atoms with E-state index < -0.39 is 5.54 Å². The third kappa shape index (κ3) is 4.59. The predicted molar refractivity (Wildman–Crippen MR) is 94.4 cm³/mol. The Morgan fingerprint density at radius 1 is 1.33 bits per heavy atom. The standard InChI is InChI=1S/C17H21N5OS/c1-4-17(5-2,6-3)18-15(23)13-24-16-19-20-21-22(16)12-14-10-8-7-9-11-14/h1,7-11H,5-6,12-13H2,2-3H3,(H,18,23). The van der Waals surface area contributed by atoms with Crippen molar-refractivity contribution in [2.24, 2.45) is 0 Å². The molecule has 2 aromatic rings. The number of nitrogens with one attached hydrogen (secondary N) is 1. The Morgan fingerprint density at radius 2 is 2.04 bits per heavy atom. The number of benzene rings is 1. The molecule has 0 radical (unpaired) electrons. The lowest BCUT2D eigenvalue weighted by Crippen LogP contribution is -2.47. The number of amides is 1. The van der Waals surface area contributed by atoms with E-state index in [-0.39, 0.29) is 11.7 Å². The van der Waals surface area contributed by atoms with E-state index in [4.69, 9.17) is 6.42 Å². The molecule has 0 fully saturated rings. The van der Waals surface area contributed by atoms with Crippen LogP contribution in [0.4, 0.5) is 0 Å². The summed E-state index contributed by atoms with van der Waals surface area (Å²) in [6, 6.07) is 9.91. The van der Waals surface area contributed by atoms with Crippen LogP contribution in [0.3, 0.4) is 0 Å². The van der Waals surface area contributed by atoms with Gasteiger partial charge >= 0.3 is 0 Å². The van der Waals surface area contributed by atoms with E-state index >= 15 is 0 Å². The monoisotopic (exact) mass is 343 g/mol. The zero-order valence-electron chi connectivity index (χ0n) is 13.9. The number of hydrogen-bond donors (Lipinski definition) is 1. The van der Waals surface area contributed by atoms with Crippen molar-refractivity contribution in [2.45, 2.75) is 43.9 Å². The van der Waals surface area contributed by atoms with Crippen molar-refractivity contribution < 1.29 is 4.79 Å². The number of carbonyl (C=O) groups excluding carboxylic acids is 1. The summed E-state index contributed by atoms with van der Waals surface area (Å²) in [5.41, 5.74) is 0.521. The van der Waals surface area contributed by atoms with Crippen LogP contribution in [0.25, 0.3) is 0 Å². The Bertz CT molecular complexity index is 703. The zero-order chi connectivity index (χ0) is 17.4. The van der Waals surface area contributed by atoms with Crippen LogP contribution in [-0.2, 0) is 11.3 Å². The van der Waals surface area contributed by atoms with Gasteiger partial charge in [0.15, 0.2) is 0 Å². The van der Waals surface area contributed by atoms with Crippen LogP contribution in [0.1, 0.15) is 32.3 Å². The predicted octanol–water partition coefficient (Wildman–Crippen LogP) is 2.12. The van der Waals surface area contributed by atoms with Crippen LogP contribution in [0.15, 0.2) is 35.5 Å². The topological polar surface area (TPSA) is 72.7 Å². The molecule has 1 aromatic heterocycles. The molecular weight excluding hydrogens is 322 g/mol. The molecule has 0 spiro atoms. The lowest BCUT2D eigenvalue weighted by molar-refractivity contribution is -0.119. The number of tetrazole rings is 1. The van der Waals surface area contributed by atoms with E-state index in [2.05, 4.69) is 26.8 Å². The second kappa shape index (κ2) is 8.50. The molecule has 0 atom stereocenters. The first kappa shape index (κ1) is 18.0. The summed E-state index contributed by atoms with van der Waals surface area (Å²) in [5, 5.41) is 15.2. The number of carbonyl (C=O) groups is 1. The van der Waals surface area contributed by atoms with Crippen molar-refractivity contribution in [2.75, 3.05) is 5.75 Å². The van der Waals surface area contributed by atoms with Crippen LogP contribution in [0.5, 0.6) is 0 Å². The summed E-state index contributed by atoms with van der Waals surface area (Å²) in [7, 11) is 0. The molecule has 0 aliphatic rings. The van der Waals surface area contributed by atoms with Gasteiger partial charge < -0.3 is 5.32 Å². The number of hydrogen-bond acceptors (Lipinski definition) is 5. The van der Waals surface area contributed by atoms with Crippen molar-refractivity contribution in [1.29, 1.82) is 0 Å². The van der Waals surface area contributed by atoms with Gasteiger partial charge in [-0.3, -0.25) is 4.79 Å². The van der Waals surface area contributed by atoms with Gasteiger partial charge in [0, 0.05) is 0 Å². The minimum atomic E-state index is -0.576. The average molecular weight is 343 g/mol. The molecular formula is C17H21N5OS. The number of rotatable bonds is 8. The third-order valence-corrected chi connectivity index (χ3v) is 4.83. The molecule has 2 rings (SSSR count). The Morgan fingerprint density at radius 3 is 2.67 bits per heavy atom. The SMILES string of the molecule is C#CC(CC)(CC)NC(=O)CSc1nnnn1Cc1ccccc1. The minimum absolute atomic E-state index is 0.115.